The van der Waals surface area contributed by atoms with Crippen molar-refractivity contribution in [3.63, 3.8) is 0 Å². The van der Waals surface area contributed by atoms with Gasteiger partial charge in [-0.3, -0.25) is 9.59 Å². The van der Waals surface area contributed by atoms with Crippen LogP contribution in [0.25, 0.3) is 0 Å². The van der Waals surface area contributed by atoms with Gasteiger partial charge in [-0.2, -0.15) is 0 Å². The molecule has 0 atom stereocenters. The zero-order chi connectivity index (χ0) is 13.0. The van der Waals surface area contributed by atoms with E-state index in [4.69, 9.17) is 0 Å². The molecule has 98 valence electrons. The Balaban J connectivity index is 1.87. The predicted molar refractivity (Wildman–Crippen MR) is 68.0 cm³/mol. The van der Waals surface area contributed by atoms with Crippen molar-refractivity contribution in [3.8, 4) is 0 Å². The van der Waals surface area contributed by atoms with Gasteiger partial charge in [0.2, 0.25) is 0 Å². The first-order valence-corrected chi connectivity index (χ1v) is 6.86. The Morgan fingerprint density at radius 1 is 1.44 bits per heavy atom. The van der Waals surface area contributed by atoms with E-state index in [-0.39, 0.29) is 16.9 Å². The molecule has 0 bridgehead atoms. The average Bonchev–Trinajstić information content (AvgIpc) is 2.92. The lowest BCUT2D eigenvalue weighted by molar-refractivity contribution is -0.115. The van der Waals surface area contributed by atoms with Crippen LogP contribution in [-0.2, 0) is 4.79 Å². The van der Waals surface area contributed by atoms with Gasteiger partial charge in [0.05, 0.1) is 0 Å². The second kappa shape index (κ2) is 6.04. The van der Waals surface area contributed by atoms with Crippen molar-refractivity contribution in [1.82, 2.24) is 9.88 Å². The number of rotatable bonds is 3. The molecular weight excluding hydrogens is 255 g/mol. The number of likely N-dealkylation sites (tertiary alicyclic amines) is 1. The molecule has 1 saturated heterocycles. The highest BCUT2D eigenvalue weighted by Gasteiger charge is 2.28. The third-order valence-electron chi connectivity index (χ3n) is 3.14. The summed E-state index contributed by atoms with van der Waals surface area (Å²) < 4.78 is 12.1. The van der Waals surface area contributed by atoms with Gasteiger partial charge in [0.1, 0.15) is 11.7 Å². The third kappa shape index (κ3) is 2.93. The number of H-pyrrole nitrogens is 1. The van der Waals surface area contributed by atoms with Crippen molar-refractivity contribution >= 4 is 22.8 Å². The first kappa shape index (κ1) is 13.1. The molecule has 0 unspecified atom stereocenters. The Morgan fingerprint density at radius 3 is 2.72 bits per heavy atom. The highest BCUT2D eigenvalue weighted by molar-refractivity contribution is 8.13. The molecule has 2 rings (SSSR count). The van der Waals surface area contributed by atoms with E-state index in [1.54, 1.807) is 23.2 Å². The Labute approximate surface area is 109 Å². The maximum Gasteiger partial charge on any atom is 0.270 e. The zero-order valence-corrected chi connectivity index (χ0v) is 10.7. The minimum absolute atomic E-state index is 0.0379. The van der Waals surface area contributed by atoms with Crippen LogP contribution in [-0.4, -0.2) is 40.0 Å². The summed E-state index contributed by atoms with van der Waals surface area (Å²) in [6, 6.07) is 2.85. The molecule has 6 heteroatoms. The molecule has 0 spiro atoms. The number of piperidine rings is 1. The molecule has 18 heavy (non-hydrogen) atoms. The summed E-state index contributed by atoms with van der Waals surface area (Å²) in [5.74, 6) is -0.150. The Kier molecular flexibility index (Phi) is 4.41. The fourth-order valence-corrected chi connectivity index (χ4v) is 2.70. The molecular formula is C12H15FN2O2S. The Morgan fingerprint density at radius 2 is 2.17 bits per heavy atom. The molecule has 1 aliphatic rings. The number of alkyl halides is 1. The Hall–Kier alpha value is -1.30. The van der Waals surface area contributed by atoms with E-state index in [1.165, 1.54) is 0 Å². The number of hydrogen-bond acceptors (Lipinski definition) is 3. The van der Waals surface area contributed by atoms with Gasteiger partial charge in [-0.15, -0.1) is 0 Å². The second-order valence-corrected chi connectivity index (χ2v) is 5.13. The number of thioether (sulfide) groups is 1. The Bertz CT molecular complexity index is 414. The number of carbonyl (C=O) groups excluding carboxylic acids is 2. The molecule has 1 aromatic rings. The number of aromatic nitrogens is 1. The summed E-state index contributed by atoms with van der Waals surface area (Å²) in [5.41, 5.74) is 0.568. The molecule has 1 aromatic heterocycles. The van der Waals surface area contributed by atoms with Crippen LogP contribution < -0.4 is 0 Å². The number of halogens is 1. The normalized spacial score (nSPS) is 16.8. The van der Waals surface area contributed by atoms with E-state index in [0.717, 1.165) is 11.8 Å². The van der Waals surface area contributed by atoms with Gasteiger partial charge in [-0.05, 0) is 25.0 Å². The minimum atomic E-state index is -0.666. The van der Waals surface area contributed by atoms with Crippen LogP contribution in [0.3, 0.4) is 0 Å². The number of amides is 1. The van der Waals surface area contributed by atoms with Crippen LogP contribution >= 0.6 is 11.8 Å². The SMILES string of the molecule is O=C(SCF)C1CCN(C(=O)c2ccc[nH]2)CC1. The lowest BCUT2D eigenvalue weighted by atomic mass is 9.98. The molecule has 2 heterocycles. The molecule has 4 nitrogen and oxygen atoms in total. The summed E-state index contributed by atoms with van der Waals surface area (Å²) >= 11 is 0.730. The molecule has 0 aromatic carbocycles. The van der Waals surface area contributed by atoms with E-state index in [9.17, 15) is 14.0 Å². The molecule has 0 radical (unpaired) electrons. The fourth-order valence-electron chi connectivity index (χ4n) is 2.12. The largest absolute Gasteiger partial charge is 0.357 e. The van der Waals surface area contributed by atoms with Gasteiger partial charge in [0.25, 0.3) is 5.91 Å². The standard InChI is InChI=1S/C12H15FN2O2S/c13-8-18-12(17)9-3-6-15(7-4-9)11(16)10-2-1-5-14-10/h1-2,5,9,14H,3-4,6-8H2. The quantitative estimate of drug-likeness (QED) is 0.914. The monoisotopic (exact) mass is 270 g/mol. The van der Waals surface area contributed by atoms with Crippen molar-refractivity contribution in [2.24, 2.45) is 5.92 Å². The maximum atomic E-state index is 12.1. The van der Waals surface area contributed by atoms with Crippen LogP contribution in [0.1, 0.15) is 23.3 Å². The van der Waals surface area contributed by atoms with Crippen molar-refractivity contribution in [2.75, 3.05) is 19.1 Å². The number of hydrogen-bond donors (Lipinski definition) is 1. The lowest BCUT2D eigenvalue weighted by Crippen LogP contribution is -2.40. The average molecular weight is 270 g/mol. The van der Waals surface area contributed by atoms with E-state index in [1.807, 2.05) is 0 Å². The number of nitrogens with zero attached hydrogens (tertiary/aromatic N) is 1. The van der Waals surface area contributed by atoms with Crippen LogP contribution in [0.2, 0.25) is 0 Å². The molecule has 1 aliphatic heterocycles. The van der Waals surface area contributed by atoms with Crippen LogP contribution in [0.4, 0.5) is 4.39 Å². The van der Waals surface area contributed by atoms with Crippen molar-refractivity contribution in [3.05, 3.63) is 24.0 Å². The van der Waals surface area contributed by atoms with E-state index < -0.39 is 6.01 Å². The van der Waals surface area contributed by atoms with Gasteiger partial charge >= 0.3 is 0 Å². The van der Waals surface area contributed by atoms with Gasteiger partial charge in [0, 0.05) is 25.2 Å². The number of aromatic amines is 1. The van der Waals surface area contributed by atoms with Crippen LogP contribution in [0, 0.1) is 5.92 Å². The van der Waals surface area contributed by atoms with Gasteiger partial charge in [-0.1, -0.05) is 11.8 Å². The van der Waals surface area contributed by atoms with Crippen LogP contribution in [0.15, 0.2) is 18.3 Å². The third-order valence-corrected chi connectivity index (χ3v) is 3.87. The first-order valence-electron chi connectivity index (χ1n) is 5.87. The van der Waals surface area contributed by atoms with E-state index in [0.29, 0.717) is 31.6 Å². The van der Waals surface area contributed by atoms with Crippen LogP contribution in [0.5, 0.6) is 0 Å². The molecule has 0 aliphatic carbocycles. The molecule has 0 saturated carbocycles. The number of carbonyl (C=O) groups is 2. The first-order chi connectivity index (χ1) is 8.72. The van der Waals surface area contributed by atoms with Gasteiger partial charge in [0.15, 0.2) is 5.12 Å². The topological polar surface area (TPSA) is 53.2 Å². The smallest absolute Gasteiger partial charge is 0.270 e. The number of nitrogens with one attached hydrogen (secondary N) is 1. The highest BCUT2D eigenvalue weighted by atomic mass is 32.2. The lowest BCUT2D eigenvalue weighted by Gasteiger charge is -2.30. The second-order valence-electron chi connectivity index (χ2n) is 4.22. The molecule has 1 N–H and O–H groups in total. The van der Waals surface area contributed by atoms with Crippen molar-refractivity contribution in [1.29, 1.82) is 0 Å². The van der Waals surface area contributed by atoms with E-state index >= 15 is 0 Å². The fraction of sp³-hybridized carbons (Fsp3) is 0.500. The summed E-state index contributed by atoms with van der Waals surface area (Å²) in [6.45, 7) is 1.11. The summed E-state index contributed by atoms with van der Waals surface area (Å²) in [6.07, 6.45) is 2.96. The molecule has 1 amide bonds. The highest BCUT2D eigenvalue weighted by Crippen LogP contribution is 2.24. The maximum absolute atomic E-state index is 12.1. The van der Waals surface area contributed by atoms with Gasteiger partial charge in [-0.25, -0.2) is 4.39 Å². The van der Waals surface area contributed by atoms with Crippen molar-refractivity contribution < 1.29 is 14.0 Å². The van der Waals surface area contributed by atoms with Crippen molar-refractivity contribution in [2.45, 2.75) is 12.8 Å². The zero-order valence-electron chi connectivity index (χ0n) is 9.89. The molecule has 1 fully saturated rings. The van der Waals surface area contributed by atoms with E-state index in [2.05, 4.69) is 4.98 Å². The predicted octanol–water partition coefficient (Wildman–Crippen LogP) is 2.05. The van der Waals surface area contributed by atoms with Gasteiger partial charge < -0.3 is 9.88 Å². The summed E-state index contributed by atoms with van der Waals surface area (Å²) in [4.78, 5) is 28.1. The summed E-state index contributed by atoms with van der Waals surface area (Å²) in [5, 5.41) is -0.0931. The summed E-state index contributed by atoms with van der Waals surface area (Å²) in [7, 11) is 0. The minimum Gasteiger partial charge on any atom is -0.357 e.